The lowest BCUT2D eigenvalue weighted by atomic mass is 10.1. The van der Waals surface area contributed by atoms with Crippen molar-refractivity contribution in [2.75, 3.05) is 6.61 Å². The lowest BCUT2D eigenvalue weighted by molar-refractivity contribution is -0.138. The van der Waals surface area contributed by atoms with Crippen LogP contribution in [0.15, 0.2) is 36.7 Å². The van der Waals surface area contributed by atoms with E-state index in [9.17, 15) is 23.1 Å². The van der Waals surface area contributed by atoms with Crippen LogP contribution in [0, 0.1) is 0 Å². The standard InChI is InChI=1S/C21H19ClF3N3O5/c1-28-11-13(7-18(30)31)19(27-28)32-6-2-3-12-4-5-15(29)9-17(12)33-20-16(22)8-14(10-26-20)21(23,24)25/h4-5,8-11,29H,2-3,6-7H2,1H3,(H,30,31). The van der Waals surface area contributed by atoms with Gasteiger partial charge in [0.15, 0.2) is 0 Å². The van der Waals surface area contributed by atoms with E-state index in [2.05, 4.69) is 10.1 Å². The van der Waals surface area contributed by atoms with Crippen LogP contribution < -0.4 is 9.47 Å². The number of carboxylic acid groups (broad SMARTS) is 1. The minimum Gasteiger partial charge on any atom is -0.508 e. The molecule has 0 fully saturated rings. The van der Waals surface area contributed by atoms with E-state index < -0.39 is 17.7 Å². The van der Waals surface area contributed by atoms with Crippen molar-refractivity contribution in [2.24, 2.45) is 7.05 Å². The number of pyridine rings is 1. The van der Waals surface area contributed by atoms with E-state index in [1.807, 2.05) is 0 Å². The van der Waals surface area contributed by atoms with Gasteiger partial charge in [-0.3, -0.25) is 9.48 Å². The molecule has 2 heterocycles. The van der Waals surface area contributed by atoms with Crippen LogP contribution in [-0.4, -0.2) is 37.6 Å². The maximum atomic E-state index is 12.8. The first-order chi connectivity index (χ1) is 15.5. The molecular formula is C21H19ClF3N3O5. The number of hydrogen-bond donors (Lipinski definition) is 2. The van der Waals surface area contributed by atoms with Crippen LogP contribution in [-0.2, 0) is 30.9 Å². The Morgan fingerprint density at radius 3 is 2.64 bits per heavy atom. The molecule has 3 aromatic rings. The van der Waals surface area contributed by atoms with Crippen LogP contribution >= 0.6 is 11.6 Å². The fourth-order valence-corrected chi connectivity index (χ4v) is 3.16. The van der Waals surface area contributed by atoms with Crippen LogP contribution in [0.1, 0.15) is 23.1 Å². The smallest absolute Gasteiger partial charge is 0.417 e. The largest absolute Gasteiger partial charge is 0.508 e. The lowest BCUT2D eigenvalue weighted by Gasteiger charge is -2.13. The summed E-state index contributed by atoms with van der Waals surface area (Å²) in [6.45, 7) is 0.212. The summed E-state index contributed by atoms with van der Waals surface area (Å²) in [6.07, 6.45) is -1.76. The number of benzene rings is 1. The maximum absolute atomic E-state index is 12.8. The van der Waals surface area contributed by atoms with Gasteiger partial charge in [0.25, 0.3) is 0 Å². The van der Waals surface area contributed by atoms with Crippen molar-refractivity contribution >= 4 is 17.6 Å². The molecule has 0 saturated heterocycles. The molecule has 3 rings (SSSR count). The number of halogens is 4. The number of carbonyl (C=O) groups is 1. The first-order valence-electron chi connectivity index (χ1n) is 9.62. The van der Waals surface area contributed by atoms with Gasteiger partial charge in [-0.05, 0) is 30.5 Å². The van der Waals surface area contributed by atoms with Crippen LogP contribution in [0.2, 0.25) is 5.02 Å². The number of aromatic nitrogens is 3. The van der Waals surface area contributed by atoms with E-state index in [-0.39, 0.29) is 41.3 Å². The second kappa shape index (κ2) is 9.99. The Hall–Kier alpha value is -3.47. The van der Waals surface area contributed by atoms with E-state index in [1.54, 1.807) is 19.3 Å². The number of aryl methyl sites for hydroxylation is 2. The molecule has 0 saturated carbocycles. The summed E-state index contributed by atoms with van der Waals surface area (Å²) in [6, 6.07) is 5.05. The van der Waals surface area contributed by atoms with Crippen molar-refractivity contribution in [2.45, 2.75) is 25.4 Å². The monoisotopic (exact) mass is 485 g/mol. The summed E-state index contributed by atoms with van der Waals surface area (Å²) in [7, 11) is 1.65. The van der Waals surface area contributed by atoms with E-state index >= 15 is 0 Å². The SMILES string of the molecule is Cn1cc(CC(=O)O)c(OCCCc2ccc(O)cc2Oc2ncc(C(F)(F)F)cc2Cl)n1. The van der Waals surface area contributed by atoms with E-state index in [4.69, 9.17) is 26.2 Å². The highest BCUT2D eigenvalue weighted by molar-refractivity contribution is 6.31. The second-order valence-corrected chi connectivity index (χ2v) is 7.47. The Balaban J connectivity index is 1.67. The summed E-state index contributed by atoms with van der Waals surface area (Å²) in [5.74, 6) is -0.954. The zero-order valence-corrected chi connectivity index (χ0v) is 18.0. The third-order valence-corrected chi connectivity index (χ3v) is 4.70. The van der Waals surface area contributed by atoms with Crippen LogP contribution in [0.5, 0.6) is 23.3 Å². The Bertz CT molecular complexity index is 1150. The number of phenolic OH excluding ortho intramolecular Hbond substituents is 1. The Morgan fingerprint density at radius 1 is 1.21 bits per heavy atom. The normalized spacial score (nSPS) is 11.4. The van der Waals surface area contributed by atoms with Gasteiger partial charge in [0.05, 0.1) is 18.6 Å². The molecule has 2 N–H and O–H groups in total. The average molecular weight is 486 g/mol. The molecular weight excluding hydrogens is 467 g/mol. The number of nitrogens with zero attached hydrogens (tertiary/aromatic N) is 3. The van der Waals surface area contributed by atoms with Crippen molar-refractivity contribution in [3.8, 4) is 23.3 Å². The zero-order valence-electron chi connectivity index (χ0n) is 17.3. The van der Waals surface area contributed by atoms with Crippen molar-refractivity contribution in [1.29, 1.82) is 0 Å². The molecule has 12 heteroatoms. The molecule has 0 radical (unpaired) electrons. The molecule has 176 valence electrons. The van der Waals surface area contributed by atoms with Gasteiger partial charge in [-0.15, -0.1) is 5.10 Å². The van der Waals surface area contributed by atoms with Gasteiger partial charge in [0.2, 0.25) is 11.8 Å². The van der Waals surface area contributed by atoms with Gasteiger partial charge >= 0.3 is 12.1 Å². The van der Waals surface area contributed by atoms with E-state index in [0.717, 1.165) is 0 Å². The lowest BCUT2D eigenvalue weighted by Crippen LogP contribution is -2.06. The summed E-state index contributed by atoms with van der Waals surface area (Å²) in [4.78, 5) is 14.6. The second-order valence-electron chi connectivity index (χ2n) is 7.06. The van der Waals surface area contributed by atoms with Crippen molar-refractivity contribution in [3.05, 3.63) is 58.4 Å². The van der Waals surface area contributed by atoms with Crippen LogP contribution in [0.3, 0.4) is 0 Å². The topological polar surface area (TPSA) is 107 Å². The zero-order chi connectivity index (χ0) is 24.2. The van der Waals surface area contributed by atoms with Crippen molar-refractivity contribution < 1.29 is 37.7 Å². The maximum Gasteiger partial charge on any atom is 0.417 e. The van der Waals surface area contributed by atoms with Gasteiger partial charge in [-0.25, -0.2) is 4.98 Å². The highest BCUT2D eigenvalue weighted by atomic mass is 35.5. The van der Waals surface area contributed by atoms with E-state index in [0.29, 0.717) is 36.2 Å². The number of aliphatic carboxylic acids is 1. The van der Waals surface area contributed by atoms with Crippen LogP contribution in [0.4, 0.5) is 13.2 Å². The van der Waals surface area contributed by atoms with Gasteiger partial charge < -0.3 is 19.7 Å². The number of rotatable bonds is 9. The molecule has 0 aliphatic heterocycles. The minimum atomic E-state index is -4.59. The molecule has 0 unspecified atom stereocenters. The summed E-state index contributed by atoms with van der Waals surface area (Å²) < 4.78 is 51.1. The number of alkyl halides is 3. The molecule has 8 nitrogen and oxygen atoms in total. The highest BCUT2D eigenvalue weighted by Gasteiger charge is 2.32. The summed E-state index contributed by atoms with van der Waals surface area (Å²) in [5.41, 5.74) is 0.0625. The fourth-order valence-electron chi connectivity index (χ4n) is 2.96. The van der Waals surface area contributed by atoms with Crippen molar-refractivity contribution in [1.82, 2.24) is 14.8 Å². The molecule has 0 bridgehead atoms. The first-order valence-corrected chi connectivity index (χ1v) is 10.0. The number of hydrogen-bond acceptors (Lipinski definition) is 6. The number of carboxylic acids is 1. The van der Waals surface area contributed by atoms with Gasteiger partial charge in [0, 0.05) is 31.1 Å². The Morgan fingerprint density at radius 2 is 1.97 bits per heavy atom. The molecule has 1 aromatic carbocycles. The fraction of sp³-hybridized carbons (Fsp3) is 0.286. The number of ether oxygens (including phenoxy) is 2. The highest BCUT2D eigenvalue weighted by Crippen LogP contribution is 2.36. The molecule has 0 amide bonds. The molecule has 0 spiro atoms. The molecule has 2 aromatic heterocycles. The predicted octanol–water partition coefficient (Wildman–Crippen LogP) is 4.62. The van der Waals surface area contributed by atoms with E-state index in [1.165, 1.54) is 16.8 Å². The first kappa shape index (κ1) is 24.2. The number of aromatic hydroxyl groups is 1. The predicted molar refractivity (Wildman–Crippen MR) is 111 cm³/mol. The van der Waals surface area contributed by atoms with Crippen LogP contribution in [0.25, 0.3) is 0 Å². The quantitative estimate of drug-likeness (QED) is 0.426. The Kier molecular flexibility index (Phi) is 7.32. The van der Waals surface area contributed by atoms with Gasteiger partial charge in [-0.1, -0.05) is 17.7 Å². The Labute approximate surface area is 191 Å². The summed E-state index contributed by atoms with van der Waals surface area (Å²) in [5, 5.41) is 22.5. The molecule has 0 atom stereocenters. The third kappa shape index (κ3) is 6.51. The molecule has 0 aliphatic rings. The number of phenols is 1. The summed E-state index contributed by atoms with van der Waals surface area (Å²) >= 11 is 5.90. The molecule has 33 heavy (non-hydrogen) atoms. The molecule has 0 aliphatic carbocycles. The van der Waals surface area contributed by atoms with Gasteiger partial charge in [0.1, 0.15) is 16.5 Å². The third-order valence-electron chi connectivity index (χ3n) is 4.43. The minimum absolute atomic E-state index is 0.111. The average Bonchev–Trinajstić information content (AvgIpc) is 3.05. The van der Waals surface area contributed by atoms with Gasteiger partial charge in [-0.2, -0.15) is 13.2 Å². The van der Waals surface area contributed by atoms with Crippen molar-refractivity contribution in [3.63, 3.8) is 0 Å².